The third-order valence-corrected chi connectivity index (χ3v) is 3.16. The van der Waals surface area contributed by atoms with Gasteiger partial charge in [0.2, 0.25) is 0 Å². The number of phenolic OH excluding ortho intramolecular Hbond substituents is 1. The SMILES string of the molecule is Nc1ccc(NC(=O)c2c(O)cccc2F)cc1Br. The Kier molecular flexibility index (Phi) is 3.71. The third kappa shape index (κ3) is 2.85. The maximum atomic E-state index is 13.5. The van der Waals surface area contributed by atoms with E-state index in [1.54, 1.807) is 18.2 Å². The third-order valence-electron chi connectivity index (χ3n) is 2.48. The minimum Gasteiger partial charge on any atom is -0.507 e. The van der Waals surface area contributed by atoms with Crippen molar-refractivity contribution in [2.45, 2.75) is 0 Å². The van der Waals surface area contributed by atoms with E-state index in [-0.39, 0.29) is 0 Å². The summed E-state index contributed by atoms with van der Waals surface area (Å²) in [5.74, 6) is -1.92. The number of halogens is 2. The van der Waals surface area contributed by atoms with Crippen LogP contribution in [0.15, 0.2) is 40.9 Å². The highest BCUT2D eigenvalue weighted by molar-refractivity contribution is 9.10. The fraction of sp³-hybridized carbons (Fsp3) is 0. The largest absolute Gasteiger partial charge is 0.507 e. The molecule has 4 nitrogen and oxygen atoms in total. The molecule has 0 saturated heterocycles. The molecule has 0 aliphatic heterocycles. The van der Waals surface area contributed by atoms with Gasteiger partial charge in [0.15, 0.2) is 0 Å². The molecule has 0 unspecified atom stereocenters. The van der Waals surface area contributed by atoms with E-state index in [9.17, 15) is 14.3 Å². The van der Waals surface area contributed by atoms with Crippen LogP contribution < -0.4 is 11.1 Å². The van der Waals surface area contributed by atoms with Crippen molar-refractivity contribution in [2.75, 3.05) is 11.1 Å². The minimum atomic E-state index is -0.785. The van der Waals surface area contributed by atoms with Gasteiger partial charge in [-0.15, -0.1) is 0 Å². The minimum absolute atomic E-state index is 0.393. The molecule has 0 fully saturated rings. The number of benzene rings is 2. The molecular weight excluding hydrogens is 315 g/mol. The first-order valence-corrected chi connectivity index (χ1v) is 6.12. The van der Waals surface area contributed by atoms with Crippen LogP contribution >= 0.6 is 15.9 Å². The van der Waals surface area contributed by atoms with E-state index in [2.05, 4.69) is 21.2 Å². The number of amides is 1. The van der Waals surface area contributed by atoms with Gasteiger partial charge in [0.05, 0.1) is 0 Å². The lowest BCUT2D eigenvalue weighted by Crippen LogP contribution is -2.14. The highest BCUT2D eigenvalue weighted by Gasteiger charge is 2.16. The lowest BCUT2D eigenvalue weighted by Gasteiger charge is -2.08. The molecule has 19 heavy (non-hydrogen) atoms. The number of anilines is 2. The summed E-state index contributed by atoms with van der Waals surface area (Å²) in [4.78, 5) is 11.9. The summed E-state index contributed by atoms with van der Waals surface area (Å²) in [6.45, 7) is 0. The Labute approximate surface area is 117 Å². The lowest BCUT2D eigenvalue weighted by molar-refractivity contribution is 0.102. The first-order chi connectivity index (χ1) is 8.99. The van der Waals surface area contributed by atoms with Crippen molar-refractivity contribution in [2.24, 2.45) is 0 Å². The maximum absolute atomic E-state index is 13.5. The second kappa shape index (κ2) is 5.27. The van der Waals surface area contributed by atoms with E-state index < -0.39 is 23.0 Å². The molecular formula is C13H10BrFN2O2. The van der Waals surface area contributed by atoms with Crippen LogP contribution in [0.4, 0.5) is 15.8 Å². The van der Waals surface area contributed by atoms with Gasteiger partial charge in [0.1, 0.15) is 17.1 Å². The van der Waals surface area contributed by atoms with Gasteiger partial charge in [-0.2, -0.15) is 0 Å². The fourth-order valence-corrected chi connectivity index (χ4v) is 1.91. The molecule has 0 bridgehead atoms. The lowest BCUT2D eigenvalue weighted by atomic mass is 10.1. The highest BCUT2D eigenvalue weighted by atomic mass is 79.9. The van der Waals surface area contributed by atoms with Gasteiger partial charge in [0, 0.05) is 15.8 Å². The Hall–Kier alpha value is -2.08. The van der Waals surface area contributed by atoms with Crippen LogP contribution in [0.5, 0.6) is 5.75 Å². The highest BCUT2D eigenvalue weighted by Crippen LogP contribution is 2.25. The second-order valence-corrected chi connectivity index (χ2v) is 4.68. The number of rotatable bonds is 2. The van der Waals surface area contributed by atoms with Crippen molar-refractivity contribution >= 4 is 33.2 Å². The van der Waals surface area contributed by atoms with Crippen LogP contribution in [-0.2, 0) is 0 Å². The first kappa shape index (κ1) is 13.4. The van der Waals surface area contributed by atoms with E-state index in [4.69, 9.17) is 5.73 Å². The number of aromatic hydroxyl groups is 1. The van der Waals surface area contributed by atoms with Crippen molar-refractivity contribution < 1.29 is 14.3 Å². The molecule has 0 heterocycles. The van der Waals surface area contributed by atoms with Crippen LogP contribution in [0.3, 0.4) is 0 Å². The molecule has 0 aliphatic carbocycles. The molecule has 1 amide bonds. The molecule has 0 radical (unpaired) electrons. The molecule has 2 rings (SSSR count). The standard InChI is InChI=1S/C13H10BrFN2O2/c14-8-6-7(4-5-10(8)16)17-13(19)12-9(15)2-1-3-11(12)18/h1-6,18H,16H2,(H,17,19). The van der Waals surface area contributed by atoms with Gasteiger partial charge >= 0.3 is 0 Å². The molecule has 2 aromatic rings. The van der Waals surface area contributed by atoms with Gasteiger partial charge in [-0.05, 0) is 46.3 Å². The van der Waals surface area contributed by atoms with E-state index >= 15 is 0 Å². The molecule has 98 valence electrons. The predicted molar refractivity (Wildman–Crippen MR) is 74.6 cm³/mol. The van der Waals surface area contributed by atoms with E-state index in [0.717, 1.165) is 6.07 Å². The first-order valence-electron chi connectivity index (χ1n) is 5.33. The molecule has 0 saturated carbocycles. The van der Waals surface area contributed by atoms with Gasteiger partial charge in [-0.25, -0.2) is 4.39 Å². The average molecular weight is 325 g/mol. The van der Waals surface area contributed by atoms with Crippen molar-refractivity contribution in [1.82, 2.24) is 0 Å². The number of hydrogen-bond donors (Lipinski definition) is 3. The van der Waals surface area contributed by atoms with Crippen LogP contribution in [0.1, 0.15) is 10.4 Å². The zero-order valence-corrected chi connectivity index (χ0v) is 11.2. The Morgan fingerprint density at radius 1 is 1.32 bits per heavy atom. The predicted octanol–water partition coefficient (Wildman–Crippen LogP) is 3.13. The van der Waals surface area contributed by atoms with Crippen molar-refractivity contribution in [3.05, 3.63) is 52.3 Å². The van der Waals surface area contributed by atoms with E-state index in [0.29, 0.717) is 15.8 Å². The number of nitrogen functional groups attached to an aromatic ring is 1. The number of carbonyl (C=O) groups is 1. The summed E-state index contributed by atoms with van der Waals surface area (Å²) in [7, 11) is 0. The van der Waals surface area contributed by atoms with Gasteiger partial charge in [-0.1, -0.05) is 6.07 Å². The van der Waals surface area contributed by atoms with E-state index in [1.165, 1.54) is 12.1 Å². The molecule has 4 N–H and O–H groups in total. The molecule has 0 atom stereocenters. The van der Waals surface area contributed by atoms with Crippen LogP contribution in [-0.4, -0.2) is 11.0 Å². The molecule has 0 spiro atoms. The monoisotopic (exact) mass is 324 g/mol. The Bertz CT molecular complexity index is 626. The number of carbonyl (C=O) groups excluding carboxylic acids is 1. The van der Waals surface area contributed by atoms with Crippen molar-refractivity contribution in [3.8, 4) is 5.75 Å². The number of nitrogens with two attached hydrogens (primary N) is 1. The normalized spacial score (nSPS) is 10.2. The summed E-state index contributed by atoms with van der Waals surface area (Å²) in [6, 6.07) is 8.44. The summed E-state index contributed by atoms with van der Waals surface area (Å²) in [6.07, 6.45) is 0. The van der Waals surface area contributed by atoms with E-state index in [1.807, 2.05) is 0 Å². The van der Waals surface area contributed by atoms with Gasteiger partial charge in [0.25, 0.3) is 5.91 Å². The summed E-state index contributed by atoms with van der Waals surface area (Å²) < 4.78 is 14.1. The van der Waals surface area contributed by atoms with Gasteiger partial charge in [-0.3, -0.25) is 4.79 Å². The number of nitrogens with one attached hydrogen (secondary N) is 1. The Morgan fingerprint density at radius 3 is 2.68 bits per heavy atom. The second-order valence-electron chi connectivity index (χ2n) is 3.82. The molecule has 6 heteroatoms. The average Bonchev–Trinajstić information content (AvgIpc) is 2.33. The maximum Gasteiger partial charge on any atom is 0.262 e. The summed E-state index contributed by atoms with van der Waals surface area (Å²) in [5.41, 5.74) is 6.18. The van der Waals surface area contributed by atoms with Crippen LogP contribution in [0.2, 0.25) is 0 Å². The molecule has 2 aromatic carbocycles. The Balaban J connectivity index is 2.28. The Morgan fingerprint density at radius 2 is 2.05 bits per heavy atom. The van der Waals surface area contributed by atoms with Crippen LogP contribution in [0, 0.1) is 5.82 Å². The van der Waals surface area contributed by atoms with Crippen molar-refractivity contribution in [1.29, 1.82) is 0 Å². The zero-order valence-electron chi connectivity index (χ0n) is 9.65. The smallest absolute Gasteiger partial charge is 0.262 e. The quantitative estimate of drug-likeness (QED) is 0.743. The number of hydrogen-bond acceptors (Lipinski definition) is 3. The van der Waals surface area contributed by atoms with Crippen LogP contribution in [0.25, 0.3) is 0 Å². The summed E-state index contributed by atoms with van der Waals surface area (Å²) >= 11 is 3.22. The fourth-order valence-electron chi connectivity index (χ4n) is 1.54. The summed E-state index contributed by atoms with van der Waals surface area (Å²) in [5, 5.41) is 12.0. The van der Waals surface area contributed by atoms with Gasteiger partial charge < -0.3 is 16.2 Å². The molecule has 0 aliphatic rings. The molecule has 0 aromatic heterocycles. The zero-order chi connectivity index (χ0) is 14.0. The van der Waals surface area contributed by atoms with Crippen molar-refractivity contribution in [3.63, 3.8) is 0 Å². The number of phenols is 1. The topological polar surface area (TPSA) is 75.3 Å².